The van der Waals surface area contributed by atoms with Crippen molar-refractivity contribution in [2.45, 2.75) is 12.5 Å². The number of nitrogens with one attached hydrogen (secondary N) is 1. The van der Waals surface area contributed by atoms with Gasteiger partial charge in [0.1, 0.15) is 11.6 Å². The van der Waals surface area contributed by atoms with E-state index in [0.717, 1.165) is 12.3 Å². The average molecular weight is 278 g/mol. The maximum Gasteiger partial charge on any atom is 0.335 e. The first kappa shape index (κ1) is 13.9. The number of hydrogen-bond donors (Lipinski definition) is 2. The number of carbonyl (C=O) groups is 1. The first-order valence-corrected chi connectivity index (χ1v) is 5.81. The third-order valence-corrected chi connectivity index (χ3v) is 2.91. The summed E-state index contributed by atoms with van der Waals surface area (Å²) in [6.07, 6.45) is 0.947. The highest BCUT2D eigenvalue weighted by Crippen LogP contribution is 2.25. The summed E-state index contributed by atoms with van der Waals surface area (Å²) in [7, 11) is 0. The second-order valence-corrected chi connectivity index (χ2v) is 4.42. The highest BCUT2D eigenvalue weighted by molar-refractivity contribution is 5.83. The Bertz CT molecular complexity index is 614. The molecule has 0 aliphatic carbocycles. The molecular weight excluding hydrogens is 266 g/mol. The van der Waals surface area contributed by atoms with Crippen LogP contribution in [0.4, 0.5) is 14.5 Å². The van der Waals surface area contributed by atoms with E-state index in [0.29, 0.717) is 5.69 Å². The molecule has 20 heavy (non-hydrogen) atoms. The summed E-state index contributed by atoms with van der Waals surface area (Å²) in [6, 6.07) is 7.68. The van der Waals surface area contributed by atoms with E-state index in [2.05, 4.69) is 10.3 Å². The van der Waals surface area contributed by atoms with Crippen LogP contribution in [-0.2, 0) is 10.3 Å². The Hall–Kier alpha value is -2.50. The molecule has 104 valence electrons. The fourth-order valence-electron chi connectivity index (χ4n) is 1.72. The second kappa shape index (κ2) is 5.24. The van der Waals surface area contributed by atoms with E-state index >= 15 is 0 Å². The summed E-state index contributed by atoms with van der Waals surface area (Å²) in [5, 5.41) is 12.2. The van der Waals surface area contributed by atoms with Gasteiger partial charge in [-0.3, -0.25) is 4.98 Å². The van der Waals surface area contributed by atoms with Crippen LogP contribution < -0.4 is 5.32 Å². The quantitative estimate of drug-likeness (QED) is 0.902. The van der Waals surface area contributed by atoms with Gasteiger partial charge in [0.2, 0.25) is 0 Å². The summed E-state index contributed by atoms with van der Waals surface area (Å²) in [5.41, 5.74) is -0.982. The van der Waals surface area contributed by atoms with Crippen LogP contribution >= 0.6 is 0 Å². The van der Waals surface area contributed by atoms with Gasteiger partial charge in [0.25, 0.3) is 0 Å². The van der Waals surface area contributed by atoms with Gasteiger partial charge < -0.3 is 10.4 Å². The molecule has 0 aliphatic rings. The van der Waals surface area contributed by atoms with Gasteiger partial charge >= 0.3 is 5.97 Å². The molecular formula is C14H12F2N2O2. The SMILES string of the molecule is CC(Nc1ccc(F)cc1)(C(=O)O)c1ccc(F)cn1. The van der Waals surface area contributed by atoms with Crippen LogP contribution in [0.1, 0.15) is 12.6 Å². The zero-order chi connectivity index (χ0) is 14.8. The zero-order valence-corrected chi connectivity index (χ0v) is 10.6. The molecule has 0 amide bonds. The van der Waals surface area contributed by atoms with Crippen LogP contribution in [0.5, 0.6) is 0 Å². The summed E-state index contributed by atoms with van der Waals surface area (Å²) in [6.45, 7) is 1.40. The van der Waals surface area contributed by atoms with E-state index in [1.807, 2.05) is 0 Å². The van der Waals surface area contributed by atoms with Crippen molar-refractivity contribution in [2.75, 3.05) is 5.32 Å². The summed E-state index contributed by atoms with van der Waals surface area (Å²) < 4.78 is 25.7. The molecule has 0 saturated heterocycles. The third kappa shape index (κ3) is 2.74. The van der Waals surface area contributed by atoms with Crippen molar-refractivity contribution in [3.63, 3.8) is 0 Å². The largest absolute Gasteiger partial charge is 0.479 e. The number of halogens is 2. The van der Waals surface area contributed by atoms with E-state index in [9.17, 15) is 18.7 Å². The Morgan fingerprint density at radius 3 is 2.25 bits per heavy atom. The molecule has 1 atom stereocenters. The normalized spacial score (nSPS) is 13.6. The minimum Gasteiger partial charge on any atom is -0.479 e. The summed E-state index contributed by atoms with van der Waals surface area (Å²) >= 11 is 0. The van der Waals surface area contributed by atoms with Crippen LogP contribution in [0, 0.1) is 11.6 Å². The van der Waals surface area contributed by atoms with Crippen LogP contribution in [0.2, 0.25) is 0 Å². The highest BCUT2D eigenvalue weighted by Gasteiger charge is 2.36. The molecule has 0 saturated carbocycles. The molecule has 1 aromatic heterocycles. The van der Waals surface area contributed by atoms with Gasteiger partial charge in [-0.1, -0.05) is 0 Å². The number of aliphatic carboxylic acids is 1. The molecule has 1 aromatic carbocycles. The lowest BCUT2D eigenvalue weighted by atomic mass is 9.96. The number of rotatable bonds is 4. The number of aromatic nitrogens is 1. The summed E-state index contributed by atoms with van der Waals surface area (Å²) in [5.74, 6) is -2.16. The highest BCUT2D eigenvalue weighted by atomic mass is 19.1. The predicted molar refractivity (Wildman–Crippen MR) is 69.2 cm³/mol. The lowest BCUT2D eigenvalue weighted by Gasteiger charge is -2.26. The van der Waals surface area contributed by atoms with E-state index in [1.54, 1.807) is 0 Å². The van der Waals surface area contributed by atoms with E-state index in [1.165, 1.54) is 37.3 Å². The maximum absolute atomic E-state index is 12.9. The Morgan fingerprint density at radius 2 is 1.75 bits per heavy atom. The molecule has 6 heteroatoms. The number of nitrogens with zero attached hydrogens (tertiary/aromatic N) is 1. The zero-order valence-electron chi connectivity index (χ0n) is 10.6. The van der Waals surface area contributed by atoms with E-state index in [4.69, 9.17) is 0 Å². The first-order valence-electron chi connectivity index (χ1n) is 5.81. The van der Waals surface area contributed by atoms with Crippen molar-refractivity contribution in [2.24, 2.45) is 0 Å². The number of pyridine rings is 1. The standard InChI is InChI=1S/C14H12F2N2O2/c1-14(13(19)20,12-7-4-10(16)8-17-12)18-11-5-2-9(15)3-6-11/h2-8,18H,1H3,(H,19,20). The molecule has 2 N–H and O–H groups in total. The molecule has 4 nitrogen and oxygen atoms in total. The molecule has 0 radical (unpaired) electrons. The number of carboxylic acids is 1. The van der Waals surface area contributed by atoms with Crippen molar-refractivity contribution in [1.29, 1.82) is 0 Å². The molecule has 0 bridgehead atoms. The predicted octanol–water partition coefficient (Wildman–Crippen LogP) is 2.77. The topological polar surface area (TPSA) is 62.2 Å². The molecule has 0 aliphatic heterocycles. The fraction of sp³-hybridized carbons (Fsp3) is 0.143. The van der Waals surface area contributed by atoms with E-state index in [-0.39, 0.29) is 5.69 Å². The Labute approximate surface area is 114 Å². The molecule has 2 rings (SSSR count). The molecule has 2 aromatic rings. The van der Waals surface area contributed by atoms with Crippen LogP contribution in [0.15, 0.2) is 42.6 Å². The monoisotopic (exact) mass is 278 g/mol. The van der Waals surface area contributed by atoms with Gasteiger partial charge in [0.15, 0.2) is 5.54 Å². The van der Waals surface area contributed by atoms with E-state index < -0.39 is 23.1 Å². The second-order valence-electron chi connectivity index (χ2n) is 4.42. The Balaban J connectivity index is 2.37. The molecule has 1 unspecified atom stereocenters. The minimum atomic E-state index is -1.55. The van der Waals surface area contributed by atoms with Gasteiger partial charge in [-0.25, -0.2) is 13.6 Å². The van der Waals surface area contributed by atoms with Gasteiger partial charge in [-0.05, 0) is 43.3 Å². The fourth-order valence-corrected chi connectivity index (χ4v) is 1.72. The number of hydrogen-bond acceptors (Lipinski definition) is 3. The smallest absolute Gasteiger partial charge is 0.335 e. The van der Waals surface area contributed by atoms with Crippen molar-refractivity contribution in [3.8, 4) is 0 Å². The first-order chi connectivity index (χ1) is 9.41. The van der Waals surface area contributed by atoms with Gasteiger partial charge in [0, 0.05) is 5.69 Å². The van der Waals surface area contributed by atoms with Crippen molar-refractivity contribution >= 4 is 11.7 Å². The maximum atomic E-state index is 12.9. The van der Waals surface area contributed by atoms with Gasteiger partial charge in [-0.15, -0.1) is 0 Å². The van der Waals surface area contributed by atoms with Crippen molar-refractivity contribution in [1.82, 2.24) is 4.98 Å². The minimum absolute atomic E-state index is 0.149. The number of carboxylic acid groups (broad SMARTS) is 1. The number of benzene rings is 1. The third-order valence-electron chi connectivity index (χ3n) is 2.91. The average Bonchev–Trinajstić information content (AvgIpc) is 2.42. The number of anilines is 1. The lowest BCUT2D eigenvalue weighted by molar-refractivity contribution is -0.142. The van der Waals surface area contributed by atoms with Gasteiger partial charge in [-0.2, -0.15) is 0 Å². The Kier molecular flexibility index (Phi) is 3.65. The van der Waals surface area contributed by atoms with Crippen LogP contribution in [0.25, 0.3) is 0 Å². The summed E-state index contributed by atoms with van der Waals surface area (Å²) in [4.78, 5) is 15.3. The van der Waals surface area contributed by atoms with Crippen molar-refractivity contribution < 1.29 is 18.7 Å². The molecule has 0 fully saturated rings. The van der Waals surface area contributed by atoms with Crippen LogP contribution in [-0.4, -0.2) is 16.1 Å². The Morgan fingerprint density at radius 1 is 1.15 bits per heavy atom. The lowest BCUT2D eigenvalue weighted by Crippen LogP contribution is -2.41. The van der Waals surface area contributed by atoms with Crippen molar-refractivity contribution in [3.05, 3.63) is 59.9 Å². The molecule has 1 heterocycles. The van der Waals surface area contributed by atoms with Crippen LogP contribution in [0.3, 0.4) is 0 Å². The van der Waals surface area contributed by atoms with Gasteiger partial charge in [0.05, 0.1) is 11.9 Å². The molecule has 0 spiro atoms.